The van der Waals surface area contributed by atoms with E-state index in [0.29, 0.717) is 11.0 Å². The van der Waals surface area contributed by atoms with Gasteiger partial charge in [0, 0.05) is 25.1 Å². The molecule has 4 nitrogen and oxygen atoms in total. The number of pyridine rings is 1. The van der Waals surface area contributed by atoms with E-state index < -0.39 is 0 Å². The smallest absolute Gasteiger partial charge is 0.265 e. The van der Waals surface area contributed by atoms with Crippen LogP contribution in [0.15, 0.2) is 40.0 Å². The Bertz CT molecular complexity index is 544. The summed E-state index contributed by atoms with van der Waals surface area (Å²) in [4.78, 5) is 16.0. The molecule has 5 heteroatoms. The second-order valence-electron chi connectivity index (χ2n) is 3.42. The van der Waals surface area contributed by atoms with Gasteiger partial charge in [0.1, 0.15) is 5.82 Å². The summed E-state index contributed by atoms with van der Waals surface area (Å²) in [6, 6.07) is 3.58. The highest BCUT2D eigenvalue weighted by atomic mass is 79.9. The molecule has 2 rings (SSSR count). The Morgan fingerprint density at radius 1 is 1.38 bits per heavy atom. The van der Waals surface area contributed by atoms with Crippen LogP contribution in [0.3, 0.4) is 0 Å². The zero-order valence-corrected chi connectivity index (χ0v) is 10.5. The predicted octanol–water partition coefficient (Wildman–Crippen LogP) is 1.88. The lowest BCUT2D eigenvalue weighted by Gasteiger charge is -2.07. The molecule has 0 aliphatic carbocycles. The van der Waals surface area contributed by atoms with E-state index in [1.807, 2.05) is 16.8 Å². The van der Waals surface area contributed by atoms with Crippen LogP contribution >= 0.6 is 15.9 Å². The normalized spacial score (nSPS) is 10.6. The van der Waals surface area contributed by atoms with Crippen molar-refractivity contribution >= 4 is 15.9 Å². The second kappa shape index (κ2) is 4.65. The first-order chi connectivity index (χ1) is 7.72. The molecule has 0 unspecified atom stereocenters. The van der Waals surface area contributed by atoms with Crippen LogP contribution in [0, 0.1) is 0 Å². The largest absolute Gasteiger partial charge is 0.334 e. The Morgan fingerprint density at radius 3 is 2.94 bits per heavy atom. The number of aromatic nitrogens is 3. The van der Waals surface area contributed by atoms with Crippen molar-refractivity contribution in [3.05, 3.63) is 51.4 Å². The van der Waals surface area contributed by atoms with Gasteiger partial charge in [-0.2, -0.15) is 0 Å². The van der Waals surface area contributed by atoms with Crippen LogP contribution in [0.2, 0.25) is 0 Å². The molecule has 0 radical (unpaired) electrons. The average molecular weight is 282 g/mol. The average Bonchev–Trinajstić information content (AvgIpc) is 2.72. The van der Waals surface area contributed by atoms with E-state index in [1.165, 1.54) is 0 Å². The van der Waals surface area contributed by atoms with Gasteiger partial charge in [0.25, 0.3) is 5.56 Å². The third kappa shape index (κ3) is 2.09. The molecule has 0 spiro atoms. The third-order valence-electron chi connectivity index (χ3n) is 2.43. The molecular weight excluding hydrogens is 270 g/mol. The number of imidazole rings is 1. The molecule has 0 bridgehead atoms. The zero-order valence-electron chi connectivity index (χ0n) is 8.93. The summed E-state index contributed by atoms with van der Waals surface area (Å²) in [6.07, 6.45) is 5.43. The quantitative estimate of drug-likeness (QED) is 0.862. The molecule has 16 heavy (non-hydrogen) atoms. The SMILES string of the molecule is CCn1ccnc1Cn1cccc(Br)c1=O. The fourth-order valence-electron chi connectivity index (χ4n) is 1.56. The van der Waals surface area contributed by atoms with Gasteiger partial charge < -0.3 is 9.13 Å². The van der Waals surface area contributed by atoms with Gasteiger partial charge in [-0.1, -0.05) is 0 Å². The summed E-state index contributed by atoms with van der Waals surface area (Å²) in [7, 11) is 0. The molecule has 2 aromatic rings. The Morgan fingerprint density at radius 2 is 2.19 bits per heavy atom. The van der Waals surface area contributed by atoms with Crippen molar-refractivity contribution in [2.45, 2.75) is 20.0 Å². The lowest BCUT2D eigenvalue weighted by Crippen LogP contribution is -2.21. The van der Waals surface area contributed by atoms with E-state index in [1.54, 1.807) is 23.0 Å². The lowest BCUT2D eigenvalue weighted by molar-refractivity contribution is 0.637. The first-order valence-corrected chi connectivity index (χ1v) is 5.86. The molecule has 0 aromatic carbocycles. The molecule has 84 valence electrons. The van der Waals surface area contributed by atoms with Crippen LogP contribution in [0.25, 0.3) is 0 Å². The van der Waals surface area contributed by atoms with Gasteiger partial charge in [0.15, 0.2) is 0 Å². The number of hydrogen-bond donors (Lipinski definition) is 0. The monoisotopic (exact) mass is 281 g/mol. The summed E-state index contributed by atoms with van der Waals surface area (Å²) in [6.45, 7) is 3.41. The summed E-state index contributed by atoms with van der Waals surface area (Å²) >= 11 is 3.23. The molecule has 0 saturated carbocycles. The van der Waals surface area contributed by atoms with Crippen LogP contribution in [0.5, 0.6) is 0 Å². The van der Waals surface area contributed by atoms with E-state index in [0.717, 1.165) is 12.4 Å². The summed E-state index contributed by atoms with van der Waals surface area (Å²) in [5, 5.41) is 0. The maximum atomic E-state index is 11.8. The maximum Gasteiger partial charge on any atom is 0.265 e. The number of hydrogen-bond acceptors (Lipinski definition) is 2. The molecule has 0 atom stereocenters. The van der Waals surface area contributed by atoms with Crippen LogP contribution in [-0.4, -0.2) is 14.1 Å². The highest BCUT2D eigenvalue weighted by molar-refractivity contribution is 9.10. The number of halogens is 1. The van der Waals surface area contributed by atoms with Crippen molar-refractivity contribution in [1.29, 1.82) is 0 Å². The van der Waals surface area contributed by atoms with E-state index in [4.69, 9.17) is 0 Å². The molecular formula is C11H12BrN3O. The van der Waals surface area contributed by atoms with Crippen LogP contribution < -0.4 is 5.56 Å². The van der Waals surface area contributed by atoms with Gasteiger partial charge in [-0.05, 0) is 35.0 Å². The van der Waals surface area contributed by atoms with Crippen LogP contribution in [-0.2, 0) is 13.1 Å². The van der Waals surface area contributed by atoms with Crippen molar-refractivity contribution in [2.24, 2.45) is 0 Å². The summed E-state index contributed by atoms with van der Waals surface area (Å²) in [5.74, 6) is 0.891. The Kier molecular flexibility index (Phi) is 3.24. The van der Waals surface area contributed by atoms with Gasteiger partial charge in [0.05, 0.1) is 11.0 Å². The second-order valence-corrected chi connectivity index (χ2v) is 4.27. The fraction of sp³-hybridized carbons (Fsp3) is 0.273. The van der Waals surface area contributed by atoms with Crippen molar-refractivity contribution in [1.82, 2.24) is 14.1 Å². The van der Waals surface area contributed by atoms with Gasteiger partial charge >= 0.3 is 0 Å². The zero-order chi connectivity index (χ0) is 11.5. The Hall–Kier alpha value is -1.36. The molecule has 0 saturated heterocycles. The number of aryl methyl sites for hydroxylation is 1. The van der Waals surface area contributed by atoms with Crippen molar-refractivity contribution in [3.63, 3.8) is 0 Å². The van der Waals surface area contributed by atoms with E-state index in [2.05, 4.69) is 27.8 Å². The number of rotatable bonds is 3. The molecule has 2 aromatic heterocycles. The molecule has 0 amide bonds. The van der Waals surface area contributed by atoms with Crippen LogP contribution in [0.1, 0.15) is 12.7 Å². The summed E-state index contributed by atoms with van der Waals surface area (Å²) in [5.41, 5.74) is -0.0341. The first-order valence-electron chi connectivity index (χ1n) is 5.07. The van der Waals surface area contributed by atoms with Gasteiger partial charge in [-0.15, -0.1) is 0 Å². The minimum atomic E-state index is -0.0341. The predicted molar refractivity (Wildman–Crippen MR) is 65.4 cm³/mol. The molecule has 0 aliphatic heterocycles. The fourth-order valence-corrected chi connectivity index (χ4v) is 1.94. The van der Waals surface area contributed by atoms with Gasteiger partial charge in [-0.25, -0.2) is 4.98 Å². The molecule has 0 aliphatic rings. The molecule has 0 N–H and O–H groups in total. The topological polar surface area (TPSA) is 39.8 Å². The van der Waals surface area contributed by atoms with E-state index in [-0.39, 0.29) is 5.56 Å². The van der Waals surface area contributed by atoms with E-state index in [9.17, 15) is 4.79 Å². The van der Waals surface area contributed by atoms with Crippen molar-refractivity contribution in [3.8, 4) is 0 Å². The van der Waals surface area contributed by atoms with Gasteiger partial charge in [-0.3, -0.25) is 4.79 Å². The Balaban J connectivity index is 2.34. The number of nitrogens with zero attached hydrogens (tertiary/aromatic N) is 3. The minimum Gasteiger partial charge on any atom is -0.334 e. The standard InChI is InChI=1S/C11H12BrN3O/c1-2-14-7-5-13-10(14)8-15-6-3-4-9(12)11(15)16/h3-7H,2,8H2,1H3. The minimum absolute atomic E-state index is 0.0341. The van der Waals surface area contributed by atoms with Crippen molar-refractivity contribution in [2.75, 3.05) is 0 Å². The lowest BCUT2D eigenvalue weighted by atomic mass is 10.4. The molecule has 0 fully saturated rings. The Labute approximate surface area is 102 Å². The highest BCUT2D eigenvalue weighted by Gasteiger charge is 2.04. The molecule has 2 heterocycles. The third-order valence-corrected chi connectivity index (χ3v) is 3.03. The van der Waals surface area contributed by atoms with E-state index >= 15 is 0 Å². The highest BCUT2D eigenvalue weighted by Crippen LogP contribution is 2.03. The maximum absolute atomic E-state index is 11.8. The van der Waals surface area contributed by atoms with Crippen LogP contribution in [0.4, 0.5) is 0 Å². The van der Waals surface area contributed by atoms with Crippen molar-refractivity contribution < 1.29 is 0 Å². The van der Waals surface area contributed by atoms with Gasteiger partial charge in [0.2, 0.25) is 0 Å². The summed E-state index contributed by atoms with van der Waals surface area (Å²) < 4.78 is 4.23. The first kappa shape index (κ1) is 11.1.